The molecule has 0 aliphatic heterocycles. The van der Waals surface area contributed by atoms with Crippen molar-refractivity contribution in [2.75, 3.05) is 4.72 Å². The summed E-state index contributed by atoms with van der Waals surface area (Å²) in [6.07, 6.45) is 4.17. The minimum Gasteiger partial charge on any atom is -0.255 e. The van der Waals surface area contributed by atoms with Crippen LogP contribution >= 0.6 is 11.3 Å². The van der Waals surface area contributed by atoms with Crippen molar-refractivity contribution >= 4 is 36.7 Å². The molecule has 0 amide bonds. The van der Waals surface area contributed by atoms with Crippen LogP contribution in [0.4, 0.5) is 9.52 Å². The number of nitrogens with one attached hydrogen (secondary N) is 1. The van der Waals surface area contributed by atoms with Crippen LogP contribution in [0.1, 0.15) is 24.0 Å². The van der Waals surface area contributed by atoms with Gasteiger partial charge in [-0.2, -0.15) is 0 Å². The molecule has 2 aromatic carbocycles. The van der Waals surface area contributed by atoms with Crippen LogP contribution in [-0.2, 0) is 22.9 Å². The molecule has 3 aromatic rings. The lowest BCUT2D eigenvalue weighted by Crippen LogP contribution is -2.14. The van der Waals surface area contributed by atoms with Gasteiger partial charge in [-0.3, -0.25) is 4.72 Å². The smallest absolute Gasteiger partial charge is 0.255 e. The Labute approximate surface area is 143 Å². The molecular weight excluding hydrogens is 347 g/mol. The van der Waals surface area contributed by atoms with Gasteiger partial charge in [-0.15, -0.1) is 0 Å². The number of sulfonamides is 1. The van der Waals surface area contributed by atoms with Gasteiger partial charge < -0.3 is 0 Å². The Kier molecular flexibility index (Phi) is 3.77. The molecule has 0 saturated heterocycles. The number of hydrogen-bond donors (Lipinski definition) is 1. The topological polar surface area (TPSA) is 59.1 Å². The van der Waals surface area contributed by atoms with Crippen molar-refractivity contribution in [1.82, 2.24) is 4.98 Å². The van der Waals surface area contributed by atoms with Gasteiger partial charge in [0.25, 0.3) is 10.0 Å². The number of anilines is 1. The highest BCUT2D eigenvalue weighted by Crippen LogP contribution is 2.29. The van der Waals surface area contributed by atoms with Crippen molar-refractivity contribution in [1.29, 1.82) is 0 Å². The van der Waals surface area contributed by atoms with Gasteiger partial charge in [0.2, 0.25) is 0 Å². The number of thiazole rings is 1. The molecule has 1 aromatic heterocycles. The fourth-order valence-corrected chi connectivity index (χ4v) is 5.17. The molecule has 1 aliphatic rings. The summed E-state index contributed by atoms with van der Waals surface area (Å²) in [6, 6.07) is 9.49. The van der Waals surface area contributed by atoms with Gasteiger partial charge in [0, 0.05) is 0 Å². The van der Waals surface area contributed by atoms with E-state index in [-0.39, 0.29) is 15.8 Å². The van der Waals surface area contributed by atoms with Crippen LogP contribution in [0.15, 0.2) is 41.3 Å². The normalized spacial score (nSPS) is 14.5. The highest BCUT2D eigenvalue weighted by atomic mass is 32.2. The van der Waals surface area contributed by atoms with E-state index in [1.165, 1.54) is 23.8 Å². The minimum absolute atomic E-state index is 0.244. The second-order valence-corrected chi connectivity index (χ2v) is 8.59. The molecule has 7 heteroatoms. The molecule has 1 heterocycles. The lowest BCUT2D eigenvalue weighted by Gasteiger charge is -2.16. The summed E-state index contributed by atoms with van der Waals surface area (Å²) in [6.45, 7) is 0. The van der Waals surface area contributed by atoms with Gasteiger partial charge in [-0.05, 0) is 67.1 Å². The number of halogens is 1. The molecule has 1 N–H and O–H groups in total. The molecule has 0 bridgehead atoms. The zero-order chi connectivity index (χ0) is 16.7. The molecule has 0 saturated carbocycles. The Hall–Kier alpha value is -1.99. The average Bonchev–Trinajstić information content (AvgIpc) is 2.94. The van der Waals surface area contributed by atoms with E-state index in [9.17, 15) is 12.8 Å². The molecule has 24 heavy (non-hydrogen) atoms. The number of benzene rings is 2. The van der Waals surface area contributed by atoms with Crippen LogP contribution in [0.2, 0.25) is 0 Å². The maximum absolute atomic E-state index is 13.2. The van der Waals surface area contributed by atoms with E-state index in [0.717, 1.165) is 42.6 Å². The molecule has 4 rings (SSSR count). The quantitative estimate of drug-likeness (QED) is 0.763. The standard InChI is InChI=1S/C17H15FN2O2S2/c18-13-6-8-15-16(10-13)23-17(19-15)20-24(21,22)14-7-5-11-3-1-2-4-12(11)9-14/h5-10H,1-4H2,(H,19,20). The van der Waals surface area contributed by atoms with E-state index in [1.54, 1.807) is 12.1 Å². The van der Waals surface area contributed by atoms with E-state index in [0.29, 0.717) is 10.2 Å². The first-order chi connectivity index (χ1) is 11.5. The molecule has 4 nitrogen and oxygen atoms in total. The number of fused-ring (bicyclic) bond motifs is 2. The fourth-order valence-electron chi connectivity index (χ4n) is 2.99. The third kappa shape index (κ3) is 2.89. The third-order valence-corrected chi connectivity index (χ3v) is 6.60. The molecule has 0 fully saturated rings. The highest BCUT2D eigenvalue weighted by molar-refractivity contribution is 7.93. The second-order valence-electron chi connectivity index (χ2n) is 5.87. The van der Waals surface area contributed by atoms with Crippen LogP contribution < -0.4 is 4.72 Å². The first-order valence-corrected chi connectivity index (χ1v) is 10.0. The highest BCUT2D eigenvalue weighted by Gasteiger charge is 2.19. The van der Waals surface area contributed by atoms with Crippen molar-refractivity contribution in [3.63, 3.8) is 0 Å². The van der Waals surface area contributed by atoms with Gasteiger partial charge >= 0.3 is 0 Å². The van der Waals surface area contributed by atoms with Gasteiger partial charge in [0.1, 0.15) is 5.82 Å². The summed E-state index contributed by atoms with van der Waals surface area (Å²) in [5, 5.41) is 0.244. The van der Waals surface area contributed by atoms with Gasteiger partial charge in [0.15, 0.2) is 5.13 Å². The van der Waals surface area contributed by atoms with Crippen LogP contribution in [-0.4, -0.2) is 13.4 Å². The first-order valence-electron chi connectivity index (χ1n) is 7.72. The summed E-state index contributed by atoms with van der Waals surface area (Å²) in [5.74, 6) is -0.366. The lowest BCUT2D eigenvalue weighted by atomic mass is 9.92. The van der Waals surface area contributed by atoms with Crippen LogP contribution in [0.5, 0.6) is 0 Å². The SMILES string of the molecule is O=S(=O)(Nc1nc2ccc(F)cc2s1)c1ccc2c(c1)CCCC2. The number of nitrogens with zero attached hydrogens (tertiary/aromatic N) is 1. The fraction of sp³-hybridized carbons (Fsp3) is 0.235. The predicted octanol–water partition coefficient (Wildman–Crippen LogP) is 4.12. The monoisotopic (exact) mass is 362 g/mol. The minimum atomic E-state index is -3.70. The number of aromatic nitrogens is 1. The van der Waals surface area contributed by atoms with Crippen molar-refractivity contribution < 1.29 is 12.8 Å². The summed E-state index contributed by atoms with van der Waals surface area (Å²) < 4.78 is 41.6. The summed E-state index contributed by atoms with van der Waals surface area (Å²) in [7, 11) is -3.70. The molecule has 0 unspecified atom stereocenters. The lowest BCUT2D eigenvalue weighted by molar-refractivity contribution is 0.600. The Morgan fingerprint density at radius 1 is 1.04 bits per heavy atom. The Bertz CT molecular complexity index is 1030. The van der Waals surface area contributed by atoms with E-state index in [4.69, 9.17) is 0 Å². The molecule has 0 spiro atoms. The first kappa shape index (κ1) is 15.5. The summed E-state index contributed by atoms with van der Waals surface area (Å²) in [4.78, 5) is 4.46. The van der Waals surface area contributed by atoms with Crippen LogP contribution in [0, 0.1) is 5.82 Å². The van der Waals surface area contributed by atoms with E-state index < -0.39 is 10.0 Å². The van der Waals surface area contributed by atoms with Crippen molar-refractivity contribution in [2.45, 2.75) is 30.6 Å². The van der Waals surface area contributed by atoms with Crippen molar-refractivity contribution in [3.05, 3.63) is 53.3 Å². The second kappa shape index (κ2) is 5.82. The van der Waals surface area contributed by atoms with Crippen LogP contribution in [0.25, 0.3) is 10.2 Å². The van der Waals surface area contributed by atoms with Crippen molar-refractivity contribution in [3.8, 4) is 0 Å². The van der Waals surface area contributed by atoms with E-state index in [1.807, 2.05) is 6.07 Å². The molecular formula is C17H15FN2O2S2. The number of aryl methyl sites for hydroxylation is 2. The third-order valence-electron chi connectivity index (χ3n) is 4.20. The van der Waals surface area contributed by atoms with E-state index >= 15 is 0 Å². The zero-order valence-corrected chi connectivity index (χ0v) is 14.4. The molecule has 124 valence electrons. The van der Waals surface area contributed by atoms with Gasteiger partial charge in [-0.25, -0.2) is 17.8 Å². The molecule has 0 radical (unpaired) electrons. The largest absolute Gasteiger partial charge is 0.263 e. The number of rotatable bonds is 3. The molecule has 1 aliphatic carbocycles. The van der Waals surface area contributed by atoms with E-state index in [2.05, 4.69) is 9.71 Å². The average molecular weight is 362 g/mol. The Morgan fingerprint density at radius 2 is 1.83 bits per heavy atom. The summed E-state index contributed by atoms with van der Waals surface area (Å²) >= 11 is 1.12. The Balaban J connectivity index is 1.66. The Morgan fingerprint density at radius 3 is 2.67 bits per heavy atom. The molecule has 0 atom stereocenters. The van der Waals surface area contributed by atoms with Gasteiger partial charge in [-0.1, -0.05) is 17.4 Å². The maximum Gasteiger partial charge on any atom is 0.263 e. The van der Waals surface area contributed by atoms with Crippen LogP contribution in [0.3, 0.4) is 0 Å². The zero-order valence-electron chi connectivity index (χ0n) is 12.8. The summed E-state index contributed by atoms with van der Waals surface area (Å²) in [5.41, 5.74) is 2.91. The predicted molar refractivity (Wildman–Crippen MR) is 93.5 cm³/mol. The maximum atomic E-state index is 13.2. The van der Waals surface area contributed by atoms with Gasteiger partial charge in [0.05, 0.1) is 15.1 Å². The van der Waals surface area contributed by atoms with Crippen molar-refractivity contribution in [2.24, 2.45) is 0 Å². The number of hydrogen-bond acceptors (Lipinski definition) is 4.